The summed E-state index contributed by atoms with van der Waals surface area (Å²) in [5.74, 6) is 3.09. The van der Waals surface area contributed by atoms with Crippen LogP contribution in [0, 0.1) is 0 Å². The second-order valence-electron chi connectivity index (χ2n) is 7.75. The van der Waals surface area contributed by atoms with Gasteiger partial charge in [0, 0.05) is 68.5 Å². The van der Waals surface area contributed by atoms with E-state index in [1.54, 1.807) is 11.8 Å². The van der Waals surface area contributed by atoms with Crippen molar-refractivity contribution in [3.63, 3.8) is 0 Å². The lowest BCUT2D eigenvalue weighted by molar-refractivity contribution is 0.191. The average Bonchev–Trinajstić information content (AvgIpc) is 3.21. The lowest BCUT2D eigenvalue weighted by atomic mass is 10.2. The van der Waals surface area contributed by atoms with Crippen LogP contribution in [-0.4, -0.2) is 72.1 Å². The molecule has 1 saturated heterocycles. The Morgan fingerprint density at radius 1 is 1.17 bits per heavy atom. The number of anilines is 1. The molecule has 0 amide bonds. The average molecular weight is 411 g/mol. The summed E-state index contributed by atoms with van der Waals surface area (Å²) in [5.41, 5.74) is 0.817. The maximum Gasteiger partial charge on any atom is 0.157 e. The zero-order chi connectivity index (χ0) is 20.9. The Morgan fingerprint density at radius 3 is 2.77 bits per heavy atom. The van der Waals surface area contributed by atoms with Crippen LogP contribution < -0.4 is 20.1 Å². The maximum absolute atomic E-state index is 6.01. The Hall–Kier alpha value is -2.84. The van der Waals surface area contributed by atoms with Gasteiger partial charge in [0.1, 0.15) is 23.9 Å². The number of pyridine rings is 1. The molecule has 30 heavy (non-hydrogen) atoms. The van der Waals surface area contributed by atoms with Crippen LogP contribution in [-0.2, 0) is 0 Å². The van der Waals surface area contributed by atoms with E-state index < -0.39 is 0 Å². The van der Waals surface area contributed by atoms with Gasteiger partial charge in [0.25, 0.3) is 0 Å². The second kappa shape index (κ2) is 9.32. The van der Waals surface area contributed by atoms with Crippen molar-refractivity contribution >= 4 is 16.7 Å². The van der Waals surface area contributed by atoms with Crippen LogP contribution in [0.4, 0.5) is 5.82 Å². The summed E-state index contributed by atoms with van der Waals surface area (Å²) in [5, 5.41) is 12.2. The van der Waals surface area contributed by atoms with E-state index in [1.165, 1.54) is 0 Å². The minimum Gasteiger partial charge on any atom is -0.496 e. The van der Waals surface area contributed by atoms with Gasteiger partial charge in [-0.05, 0) is 26.0 Å². The molecule has 2 aromatic heterocycles. The normalized spacial score (nSPS) is 14.9. The summed E-state index contributed by atoms with van der Waals surface area (Å²) in [6.07, 6.45) is 1.89. The van der Waals surface area contributed by atoms with Crippen molar-refractivity contribution < 1.29 is 9.47 Å². The Bertz CT molecular complexity index is 981. The van der Waals surface area contributed by atoms with Gasteiger partial charge in [0.15, 0.2) is 5.82 Å². The molecule has 1 fully saturated rings. The minimum absolute atomic E-state index is 0.313. The topological polar surface area (TPSA) is 76.5 Å². The molecule has 2 N–H and O–H groups in total. The van der Waals surface area contributed by atoms with Crippen molar-refractivity contribution in [2.75, 3.05) is 51.8 Å². The minimum atomic E-state index is 0.313. The molecule has 0 atom stereocenters. The zero-order valence-corrected chi connectivity index (χ0v) is 17.9. The highest BCUT2D eigenvalue weighted by Gasteiger charge is 2.12. The van der Waals surface area contributed by atoms with Crippen molar-refractivity contribution in [1.82, 2.24) is 25.0 Å². The predicted molar refractivity (Wildman–Crippen MR) is 119 cm³/mol. The van der Waals surface area contributed by atoms with Crippen LogP contribution >= 0.6 is 0 Å². The molecule has 0 saturated carbocycles. The molecule has 0 radical (unpaired) electrons. The molecule has 160 valence electrons. The molecule has 3 aromatic rings. The fourth-order valence-electron chi connectivity index (χ4n) is 3.59. The Labute approximate surface area is 177 Å². The summed E-state index contributed by atoms with van der Waals surface area (Å²) in [6.45, 7) is 9.98. The van der Waals surface area contributed by atoms with Crippen LogP contribution in [0.5, 0.6) is 11.5 Å². The van der Waals surface area contributed by atoms with Gasteiger partial charge in [-0.2, -0.15) is 0 Å². The molecular formula is C22H30N6O2. The van der Waals surface area contributed by atoms with E-state index in [0.717, 1.165) is 60.9 Å². The fourth-order valence-corrected chi connectivity index (χ4v) is 3.59. The van der Waals surface area contributed by atoms with Crippen LogP contribution in [0.15, 0.2) is 36.5 Å². The number of hydrogen-bond acceptors (Lipinski definition) is 7. The van der Waals surface area contributed by atoms with Crippen molar-refractivity contribution in [3.05, 3.63) is 36.5 Å². The predicted octanol–water partition coefficient (Wildman–Crippen LogP) is 2.53. The lowest BCUT2D eigenvalue weighted by Crippen LogP contribution is -2.44. The van der Waals surface area contributed by atoms with E-state index in [-0.39, 0.29) is 0 Å². The van der Waals surface area contributed by atoms with Gasteiger partial charge >= 0.3 is 0 Å². The van der Waals surface area contributed by atoms with E-state index in [4.69, 9.17) is 14.5 Å². The smallest absolute Gasteiger partial charge is 0.157 e. The second-order valence-corrected chi connectivity index (χ2v) is 7.75. The van der Waals surface area contributed by atoms with Crippen LogP contribution in [0.1, 0.15) is 13.8 Å². The first-order valence-electron chi connectivity index (χ1n) is 10.5. The third-order valence-electron chi connectivity index (χ3n) is 5.10. The number of piperazine rings is 1. The summed E-state index contributed by atoms with van der Waals surface area (Å²) < 4.78 is 13.4. The Balaban J connectivity index is 1.53. The van der Waals surface area contributed by atoms with E-state index in [0.29, 0.717) is 18.5 Å². The van der Waals surface area contributed by atoms with Gasteiger partial charge in [-0.1, -0.05) is 0 Å². The van der Waals surface area contributed by atoms with E-state index in [9.17, 15) is 0 Å². The van der Waals surface area contributed by atoms with E-state index in [1.807, 2.05) is 36.5 Å². The van der Waals surface area contributed by atoms with Gasteiger partial charge in [-0.25, -0.2) is 9.67 Å². The largest absolute Gasteiger partial charge is 0.496 e. The van der Waals surface area contributed by atoms with Gasteiger partial charge < -0.3 is 20.1 Å². The van der Waals surface area contributed by atoms with Crippen LogP contribution in [0.3, 0.4) is 0 Å². The third kappa shape index (κ3) is 4.83. The number of nitrogens with zero attached hydrogens (tertiary/aromatic N) is 4. The number of aromatic nitrogens is 3. The molecule has 4 rings (SSSR count). The van der Waals surface area contributed by atoms with Crippen molar-refractivity contribution in [3.8, 4) is 17.3 Å². The van der Waals surface area contributed by atoms with Gasteiger partial charge in [-0.3, -0.25) is 4.90 Å². The summed E-state index contributed by atoms with van der Waals surface area (Å²) >= 11 is 0. The highest BCUT2D eigenvalue weighted by molar-refractivity contribution is 5.87. The number of nitrogens with one attached hydrogen (secondary N) is 2. The van der Waals surface area contributed by atoms with Gasteiger partial charge in [0.05, 0.1) is 12.6 Å². The first-order chi connectivity index (χ1) is 14.6. The lowest BCUT2D eigenvalue weighted by Gasteiger charge is -2.26. The fraction of sp³-hybridized carbons (Fsp3) is 0.455. The first-order valence-corrected chi connectivity index (χ1v) is 10.5. The molecule has 0 spiro atoms. The van der Waals surface area contributed by atoms with Crippen LogP contribution in [0.2, 0.25) is 0 Å². The molecular weight excluding hydrogens is 380 g/mol. The van der Waals surface area contributed by atoms with Crippen molar-refractivity contribution in [2.45, 2.75) is 19.9 Å². The Kier molecular flexibility index (Phi) is 6.35. The van der Waals surface area contributed by atoms with E-state index >= 15 is 0 Å². The Morgan fingerprint density at radius 2 is 2.00 bits per heavy atom. The molecule has 0 bridgehead atoms. The van der Waals surface area contributed by atoms with Gasteiger partial charge in [0.2, 0.25) is 0 Å². The monoisotopic (exact) mass is 410 g/mol. The molecule has 1 aliphatic rings. The number of hydrogen-bond donors (Lipinski definition) is 2. The number of methoxy groups -OCH3 is 1. The SMILES string of the molecule is COc1cc(-n2ccc(NC(C)C)n2)nc2cc(OCCN3CCNCC3)ccc12. The van der Waals surface area contributed by atoms with E-state index in [2.05, 4.69) is 34.5 Å². The maximum atomic E-state index is 6.01. The third-order valence-corrected chi connectivity index (χ3v) is 5.10. The summed E-state index contributed by atoms with van der Waals surface area (Å²) in [6, 6.07) is 10.1. The van der Waals surface area contributed by atoms with Crippen molar-refractivity contribution in [2.24, 2.45) is 0 Å². The number of benzene rings is 1. The summed E-state index contributed by atoms with van der Waals surface area (Å²) in [4.78, 5) is 7.21. The molecule has 1 aromatic carbocycles. The molecule has 0 unspecified atom stereocenters. The number of fused-ring (bicyclic) bond motifs is 1. The molecule has 8 nitrogen and oxygen atoms in total. The number of rotatable bonds is 8. The summed E-state index contributed by atoms with van der Waals surface area (Å²) in [7, 11) is 1.67. The van der Waals surface area contributed by atoms with Crippen LogP contribution in [0.25, 0.3) is 16.7 Å². The standard InChI is InChI=1S/C22H30N6O2/c1-16(2)24-21-6-9-28(26-21)22-15-20(29-3)18-5-4-17(14-19(18)25-22)30-13-12-27-10-7-23-8-11-27/h4-6,9,14-16,23H,7-8,10-13H2,1-3H3,(H,24,26). The number of ether oxygens (including phenoxy) is 2. The first kappa shape index (κ1) is 20.4. The van der Waals surface area contributed by atoms with Gasteiger partial charge in [-0.15, -0.1) is 5.10 Å². The highest BCUT2D eigenvalue weighted by Crippen LogP contribution is 2.29. The highest BCUT2D eigenvalue weighted by atomic mass is 16.5. The quantitative estimate of drug-likeness (QED) is 0.591. The molecule has 1 aliphatic heterocycles. The zero-order valence-electron chi connectivity index (χ0n) is 17.9. The molecule has 0 aliphatic carbocycles. The molecule has 3 heterocycles. The van der Waals surface area contributed by atoms with Crippen molar-refractivity contribution in [1.29, 1.82) is 0 Å². The molecule has 8 heteroatoms.